The molecule has 4 atom stereocenters. The number of imidazole rings is 1. The highest BCUT2D eigenvalue weighted by Gasteiger charge is 2.40. The molecule has 0 aliphatic heterocycles. The molecule has 1 aliphatic carbocycles. The van der Waals surface area contributed by atoms with Crippen LogP contribution < -0.4 is 10.8 Å². The van der Waals surface area contributed by atoms with Crippen LogP contribution in [0.2, 0.25) is 0 Å². The van der Waals surface area contributed by atoms with E-state index in [1.54, 1.807) is 38.6 Å². The molecule has 3 rings (SSSR count). The Labute approximate surface area is 236 Å². The molecular weight excluding hydrogens is 539 g/mol. The van der Waals surface area contributed by atoms with Crippen molar-refractivity contribution in [1.82, 2.24) is 24.6 Å². The van der Waals surface area contributed by atoms with Gasteiger partial charge in [-0.25, -0.2) is 20.0 Å². The van der Waals surface area contributed by atoms with E-state index < -0.39 is 37.5 Å². The van der Waals surface area contributed by atoms with Crippen LogP contribution in [0.3, 0.4) is 0 Å². The van der Waals surface area contributed by atoms with E-state index in [1.807, 2.05) is 0 Å². The molecule has 14 heteroatoms. The van der Waals surface area contributed by atoms with E-state index in [0.717, 1.165) is 44.9 Å². The third-order valence-electron chi connectivity index (χ3n) is 6.73. The van der Waals surface area contributed by atoms with E-state index >= 15 is 0 Å². The van der Waals surface area contributed by atoms with Crippen molar-refractivity contribution in [3.63, 3.8) is 0 Å². The second-order valence-electron chi connectivity index (χ2n) is 10.9. The number of unbranched alkanes of at least 4 members (excludes halogenated alkanes) is 2. The summed E-state index contributed by atoms with van der Waals surface area (Å²) in [5, 5.41) is 13.5. The summed E-state index contributed by atoms with van der Waals surface area (Å²) in [6.45, 7) is 9.20. The number of fused-ring (bicyclic) bond motifs is 1. The largest absolute Gasteiger partial charge is 0.464 e. The molecule has 1 fully saturated rings. The normalized spacial score (nSPS) is 18.4. The number of nitrogen functional groups attached to an aromatic ring is 1. The van der Waals surface area contributed by atoms with E-state index in [4.69, 9.17) is 24.5 Å². The number of rotatable bonds is 17. The lowest BCUT2D eigenvalue weighted by Crippen LogP contribution is -2.47. The van der Waals surface area contributed by atoms with Crippen molar-refractivity contribution in [2.75, 3.05) is 18.7 Å². The van der Waals surface area contributed by atoms with Gasteiger partial charge < -0.3 is 34.1 Å². The van der Waals surface area contributed by atoms with Crippen molar-refractivity contribution in [2.24, 2.45) is 0 Å². The molecule has 2 aromatic rings. The Bertz CT molecular complexity index is 1140. The molecule has 0 amide bonds. The monoisotopic (exact) mass is 584 g/mol. The van der Waals surface area contributed by atoms with Gasteiger partial charge in [0, 0.05) is 0 Å². The lowest BCUT2D eigenvalue weighted by atomic mass is 10.1. The number of carbonyl (C=O) groups excluding carboxylic acids is 1. The predicted molar refractivity (Wildman–Crippen MR) is 150 cm³/mol. The Kier molecular flexibility index (Phi) is 11.9. The van der Waals surface area contributed by atoms with Gasteiger partial charge in [0.2, 0.25) is 0 Å². The minimum atomic E-state index is -3.88. The third-order valence-corrected chi connectivity index (χ3v) is 8.79. The smallest absolute Gasteiger partial charge is 0.326 e. The van der Waals surface area contributed by atoms with Gasteiger partial charge in [-0.2, -0.15) is 0 Å². The first-order valence-electron chi connectivity index (χ1n) is 14.0. The maximum absolute atomic E-state index is 14.1. The number of hydrogen-bond acceptors (Lipinski definition) is 11. The summed E-state index contributed by atoms with van der Waals surface area (Å²) in [7, 11) is -3.88. The summed E-state index contributed by atoms with van der Waals surface area (Å²) in [6.07, 6.45) is 6.29. The van der Waals surface area contributed by atoms with E-state index in [2.05, 4.69) is 27.0 Å². The highest BCUT2D eigenvalue weighted by Crippen LogP contribution is 2.47. The molecule has 0 spiro atoms. The quantitative estimate of drug-likeness (QED) is 0.107. The number of nitrogens with one attached hydrogen (secondary N) is 1. The average molecular weight is 585 g/mol. The number of nitrogens with zero attached hydrogens (tertiary/aromatic N) is 4. The fourth-order valence-corrected chi connectivity index (χ4v) is 6.71. The van der Waals surface area contributed by atoms with E-state index in [0.29, 0.717) is 17.7 Å². The maximum Gasteiger partial charge on any atom is 0.326 e. The molecule has 2 heterocycles. The maximum atomic E-state index is 14.1. The van der Waals surface area contributed by atoms with Gasteiger partial charge in [-0.05, 0) is 47.0 Å². The number of carbonyl (C=O) groups is 1. The van der Waals surface area contributed by atoms with Gasteiger partial charge in [0.1, 0.15) is 29.8 Å². The minimum absolute atomic E-state index is 0.0675. The fraction of sp³-hybridized carbons (Fsp3) is 0.769. The summed E-state index contributed by atoms with van der Waals surface area (Å²) in [4.78, 5) is 25.3. The molecule has 1 saturated carbocycles. The van der Waals surface area contributed by atoms with E-state index in [9.17, 15) is 14.5 Å². The number of aliphatic hydroxyl groups excluding tert-OH is 1. The number of hydrogen-bond donors (Lipinski definition) is 3. The van der Waals surface area contributed by atoms with Gasteiger partial charge in [-0.15, -0.1) is 0 Å². The molecule has 2 unspecified atom stereocenters. The second kappa shape index (κ2) is 14.7. The molecule has 13 nitrogen and oxygen atoms in total. The second-order valence-corrected chi connectivity index (χ2v) is 13.0. The first kappa shape index (κ1) is 32.4. The molecule has 1 aliphatic rings. The molecule has 0 saturated heterocycles. The molecule has 40 heavy (non-hydrogen) atoms. The number of aliphatic hydroxyl groups is 1. The van der Waals surface area contributed by atoms with Crippen molar-refractivity contribution < 1.29 is 33.2 Å². The molecule has 0 aromatic carbocycles. The van der Waals surface area contributed by atoms with Crippen molar-refractivity contribution >= 4 is 30.5 Å². The number of esters is 1. The molecule has 0 bridgehead atoms. The minimum Gasteiger partial charge on any atom is -0.464 e. The average Bonchev–Trinajstić information content (AvgIpc) is 3.56. The van der Waals surface area contributed by atoms with Crippen LogP contribution in [0.5, 0.6) is 0 Å². The molecular formula is C26H45N6O7P. The molecule has 4 N–H and O–H groups in total. The van der Waals surface area contributed by atoms with Crippen LogP contribution >= 0.6 is 7.52 Å². The highest BCUT2D eigenvalue weighted by molar-refractivity contribution is 7.56. The van der Waals surface area contributed by atoms with Crippen LogP contribution in [0.1, 0.15) is 79.6 Å². The number of aromatic nitrogens is 4. The van der Waals surface area contributed by atoms with Crippen LogP contribution in [0.15, 0.2) is 12.7 Å². The Morgan fingerprint density at radius 3 is 2.67 bits per heavy atom. The molecule has 226 valence electrons. The molecule has 0 radical (unpaired) electrons. The van der Waals surface area contributed by atoms with Crippen molar-refractivity contribution in [3.8, 4) is 0 Å². The summed E-state index contributed by atoms with van der Waals surface area (Å²) in [5.74, 6) is -0.284. The summed E-state index contributed by atoms with van der Waals surface area (Å²) in [5.41, 5.74) is 5.56. The van der Waals surface area contributed by atoms with Gasteiger partial charge in [-0.1, -0.05) is 32.6 Å². The summed E-state index contributed by atoms with van der Waals surface area (Å²) < 4.78 is 38.9. The lowest BCUT2D eigenvalue weighted by Gasteiger charge is -2.33. The standard InChI is InChI=1S/C26H45N6O7P/c1-6-7-10-13-36-25(34)26(4,5)31-40(35,39-19(3)24(33)38-20-11-8-9-12-20)17-37-18(2)14-32-16-30-21-22(27)28-15-29-23(21)32/h15-16,18-20,24,33H,6-14,17H2,1-5H3,(H,31,35)(H2,27,28,29)/t18-,19+,24?,40?/m1/s1. The fourth-order valence-electron chi connectivity index (χ4n) is 4.50. The zero-order chi connectivity index (χ0) is 29.3. The first-order valence-corrected chi connectivity index (χ1v) is 15.9. The lowest BCUT2D eigenvalue weighted by molar-refractivity contribution is -0.175. The number of nitrogens with two attached hydrogens (primary N) is 1. The number of ether oxygens (including phenoxy) is 3. The van der Waals surface area contributed by atoms with Gasteiger partial charge in [0.25, 0.3) is 7.52 Å². The zero-order valence-corrected chi connectivity index (χ0v) is 25.1. The van der Waals surface area contributed by atoms with E-state index in [-0.39, 0.29) is 24.9 Å². The van der Waals surface area contributed by atoms with Crippen LogP contribution in [-0.4, -0.2) is 73.7 Å². The predicted octanol–water partition coefficient (Wildman–Crippen LogP) is 3.75. The van der Waals surface area contributed by atoms with Crippen molar-refractivity contribution in [1.29, 1.82) is 0 Å². The van der Waals surface area contributed by atoms with Gasteiger partial charge in [-0.3, -0.25) is 9.36 Å². The Morgan fingerprint density at radius 1 is 1.25 bits per heavy atom. The van der Waals surface area contributed by atoms with Gasteiger partial charge >= 0.3 is 5.97 Å². The Balaban J connectivity index is 1.68. The van der Waals surface area contributed by atoms with Crippen LogP contribution in [0.25, 0.3) is 11.2 Å². The van der Waals surface area contributed by atoms with Gasteiger partial charge in [0.15, 0.2) is 17.8 Å². The van der Waals surface area contributed by atoms with Crippen LogP contribution in [0, 0.1) is 0 Å². The summed E-state index contributed by atoms with van der Waals surface area (Å²) in [6, 6.07) is 0. The SMILES string of the molecule is CCCCCOC(=O)C(C)(C)NP(=O)(CO[C@H](C)Cn1cnc2c(N)ncnc21)O[C@@H](C)C(O)OC1CCCC1. The highest BCUT2D eigenvalue weighted by atomic mass is 31.2. The van der Waals surface area contributed by atoms with Gasteiger partial charge in [0.05, 0.1) is 31.7 Å². The van der Waals surface area contributed by atoms with Crippen molar-refractivity contribution in [3.05, 3.63) is 12.7 Å². The number of anilines is 1. The van der Waals surface area contributed by atoms with Crippen LogP contribution in [0.4, 0.5) is 5.82 Å². The Hall–Kier alpha value is -2.15. The summed E-state index contributed by atoms with van der Waals surface area (Å²) >= 11 is 0. The topological polar surface area (TPSA) is 173 Å². The van der Waals surface area contributed by atoms with Crippen molar-refractivity contribution in [2.45, 2.75) is 116 Å². The van der Waals surface area contributed by atoms with Crippen LogP contribution in [-0.2, 0) is 34.6 Å². The third kappa shape index (κ3) is 9.19. The van der Waals surface area contributed by atoms with E-state index in [1.165, 1.54) is 6.33 Å². The molecule has 2 aromatic heterocycles. The first-order chi connectivity index (χ1) is 18.9. The Morgan fingerprint density at radius 2 is 1.98 bits per heavy atom. The zero-order valence-electron chi connectivity index (χ0n) is 24.2.